The Labute approximate surface area is 89.7 Å². The summed E-state index contributed by atoms with van der Waals surface area (Å²) in [6, 6.07) is 1.86. The number of amides is 1. The summed E-state index contributed by atoms with van der Waals surface area (Å²) >= 11 is 3.85. The average molecular weight is 235 g/mol. The standard InChI is InChI=1S/C9H8F3NOS/c1-4-6(9(10,11)12)3-2-5(7(4)15)8(13)14/h2-3,15H,1H3,(H2,13,14). The van der Waals surface area contributed by atoms with E-state index in [4.69, 9.17) is 5.73 Å². The van der Waals surface area contributed by atoms with Crippen LogP contribution in [-0.4, -0.2) is 5.91 Å². The molecule has 0 aliphatic heterocycles. The Bertz CT molecular complexity index is 415. The first-order valence-corrected chi connectivity index (χ1v) is 4.39. The maximum atomic E-state index is 12.4. The number of benzene rings is 1. The molecule has 0 saturated carbocycles. The number of hydrogen-bond acceptors (Lipinski definition) is 2. The lowest BCUT2D eigenvalue weighted by atomic mass is 10.0. The van der Waals surface area contributed by atoms with E-state index in [2.05, 4.69) is 12.6 Å². The van der Waals surface area contributed by atoms with Crippen LogP contribution in [-0.2, 0) is 6.18 Å². The van der Waals surface area contributed by atoms with Gasteiger partial charge in [-0.2, -0.15) is 13.2 Å². The van der Waals surface area contributed by atoms with E-state index in [1.54, 1.807) is 0 Å². The van der Waals surface area contributed by atoms with Crippen LogP contribution < -0.4 is 5.73 Å². The predicted molar refractivity (Wildman–Crippen MR) is 52.0 cm³/mol. The number of alkyl halides is 3. The van der Waals surface area contributed by atoms with E-state index in [9.17, 15) is 18.0 Å². The summed E-state index contributed by atoms with van der Waals surface area (Å²) in [7, 11) is 0. The van der Waals surface area contributed by atoms with Crippen LogP contribution in [0.5, 0.6) is 0 Å². The quantitative estimate of drug-likeness (QED) is 0.721. The summed E-state index contributed by atoms with van der Waals surface area (Å²) in [5, 5.41) is 0. The number of thiol groups is 1. The van der Waals surface area contributed by atoms with Crippen LogP contribution in [0.3, 0.4) is 0 Å². The Kier molecular flexibility index (Phi) is 2.99. The third-order valence-corrected chi connectivity index (χ3v) is 2.58. The Morgan fingerprint density at radius 3 is 2.33 bits per heavy atom. The lowest BCUT2D eigenvalue weighted by Gasteiger charge is -2.13. The SMILES string of the molecule is Cc1c(C(F)(F)F)ccc(C(N)=O)c1S. The van der Waals surface area contributed by atoms with E-state index in [-0.39, 0.29) is 16.0 Å². The summed E-state index contributed by atoms with van der Waals surface area (Å²) in [5.41, 5.74) is 4.06. The van der Waals surface area contributed by atoms with Crippen molar-refractivity contribution in [3.63, 3.8) is 0 Å². The van der Waals surface area contributed by atoms with Crippen molar-refractivity contribution in [3.8, 4) is 0 Å². The second-order valence-electron chi connectivity index (χ2n) is 3.00. The van der Waals surface area contributed by atoms with E-state index in [0.717, 1.165) is 12.1 Å². The Morgan fingerprint density at radius 2 is 1.93 bits per heavy atom. The largest absolute Gasteiger partial charge is 0.416 e. The zero-order chi connectivity index (χ0) is 11.8. The highest BCUT2D eigenvalue weighted by atomic mass is 32.1. The molecule has 6 heteroatoms. The highest BCUT2D eigenvalue weighted by molar-refractivity contribution is 7.80. The molecule has 0 spiro atoms. The van der Waals surface area contributed by atoms with Gasteiger partial charge in [0.15, 0.2) is 0 Å². The van der Waals surface area contributed by atoms with Gasteiger partial charge in [0.25, 0.3) is 0 Å². The molecule has 0 radical (unpaired) electrons. The van der Waals surface area contributed by atoms with Gasteiger partial charge in [-0.1, -0.05) is 0 Å². The summed E-state index contributed by atoms with van der Waals surface area (Å²) in [6.45, 7) is 1.25. The van der Waals surface area contributed by atoms with Crippen LogP contribution in [0.2, 0.25) is 0 Å². The maximum Gasteiger partial charge on any atom is 0.416 e. The van der Waals surface area contributed by atoms with Crippen molar-refractivity contribution in [2.45, 2.75) is 18.0 Å². The third kappa shape index (κ3) is 2.26. The Morgan fingerprint density at radius 1 is 1.40 bits per heavy atom. The van der Waals surface area contributed by atoms with E-state index in [1.807, 2.05) is 0 Å². The molecule has 1 amide bonds. The molecule has 1 aromatic carbocycles. The van der Waals surface area contributed by atoms with Crippen LogP contribution in [0.4, 0.5) is 13.2 Å². The fraction of sp³-hybridized carbons (Fsp3) is 0.222. The van der Waals surface area contributed by atoms with Gasteiger partial charge in [-0.15, -0.1) is 12.6 Å². The number of nitrogens with two attached hydrogens (primary N) is 1. The highest BCUT2D eigenvalue weighted by Gasteiger charge is 2.33. The molecule has 0 aliphatic rings. The first kappa shape index (κ1) is 11.9. The minimum Gasteiger partial charge on any atom is -0.366 e. The van der Waals surface area contributed by atoms with Gasteiger partial charge in [-0.05, 0) is 24.6 Å². The van der Waals surface area contributed by atoms with E-state index in [1.165, 1.54) is 6.92 Å². The highest BCUT2D eigenvalue weighted by Crippen LogP contribution is 2.35. The van der Waals surface area contributed by atoms with Crippen LogP contribution >= 0.6 is 12.6 Å². The fourth-order valence-electron chi connectivity index (χ4n) is 1.21. The number of hydrogen-bond donors (Lipinski definition) is 2. The number of halogens is 3. The summed E-state index contributed by atoms with van der Waals surface area (Å²) in [5.74, 6) is -0.795. The minimum absolute atomic E-state index is 0.0103. The zero-order valence-electron chi connectivity index (χ0n) is 7.72. The molecule has 0 aromatic heterocycles. The first-order chi connectivity index (χ1) is 6.75. The molecule has 0 bridgehead atoms. The van der Waals surface area contributed by atoms with Crippen LogP contribution in [0.1, 0.15) is 21.5 Å². The topological polar surface area (TPSA) is 43.1 Å². The van der Waals surface area contributed by atoms with Crippen molar-refractivity contribution in [2.24, 2.45) is 5.73 Å². The van der Waals surface area contributed by atoms with Crippen molar-refractivity contribution in [2.75, 3.05) is 0 Å². The molecule has 0 heterocycles. The van der Waals surface area contributed by atoms with E-state index < -0.39 is 17.6 Å². The third-order valence-electron chi connectivity index (χ3n) is 2.00. The molecule has 2 N–H and O–H groups in total. The smallest absolute Gasteiger partial charge is 0.366 e. The number of carbonyl (C=O) groups excluding carboxylic acids is 1. The van der Waals surface area contributed by atoms with Gasteiger partial charge in [-0.25, -0.2) is 0 Å². The van der Waals surface area contributed by atoms with Crippen molar-refractivity contribution in [3.05, 3.63) is 28.8 Å². The lowest BCUT2D eigenvalue weighted by Crippen LogP contribution is -2.15. The second kappa shape index (κ2) is 3.77. The van der Waals surface area contributed by atoms with Gasteiger partial charge in [-0.3, -0.25) is 4.79 Å². The molecule has 0 saturated heterocycles. The van der Waals surface area contributed by atoms with Gasteiger partial charge < -0.3 is 5.73 Å². The summed E-state index contributed by atoms with van der Waals surface area (Å²) < 4.78 is 37.2. The van der Waals surface area contributed by atoms with Crippen LogP contribution in [0, 0.1) is 6.92 Å². The second-order valence-corrected chi connectivity index (χ2v) is 3.44. The summed E-state index contributed by atoms with van der Waals surface area (Å²) in [6.07, 6.45) is -4.45. The number of rotatable bonds is 1. The molecular weight excluding hydrogens is 227 g/mol. The van der Waals surface area contributed by atoms with E-state index >= 15 is 0 Å². The molecule has 0 atom stereocenters. The molecule has 1 rings (SSSR count). The van der Waals surface area contributed by atoms with Gasteiger partial charge in [0, 0.05) is 4.90 Å². The van der Waals surface area contributed by atoms with E-state index in [0.29, 0.717) is 0 Å². The molecule has 0 aliphatic carbocycles. The summed E-state index contributed by atoms with van der Waals surface area (Å²) in [4.78, 5) is 10.8. The molecule has 15 heavy (non-hydrogen) atoms. The van der Waals surface area contributed by atoms with Crippen LogP contribution in [0.15, 0.2) is 17.0 Å². The van der Waals surface area contributed by atoms with Gasteiger partial charge in [0.2, 0.25) is 5.91 Å². The first-order valence-electron chi connectivity index (χ1n) is 3.94. The molecule has 2 nitrogen and oxygen atoms in total. The van der Waals surface area contributed by atoms with Crippen LogP contribution in [0.25, 0.3) is 0 Å². The zero-order valence-corrected chi connectivity index (χ0v) is 8.62. The Balaban J connectivity index is 3.41. The minimum atomic E-state index is -4.45. The number of primary amides is 1. The number of carbonyl (C=O) groups is 1. The maximum absolute atomic E-state index is 12.4. The van der Waals surface area contributed by atoms with Gasteiger partial charge >= 0.3 is 6.18 Å². The lowest BCUT2D eigenvalue weighted by molar-refractivity contribution is -0.138. The molecular formula is C9H8F3NOS. The van der Waals surface area contributed by atoms with Crippen molar-refractivity contribution in [1.82, 2.24) is 0 Å². The molecule has 0 unspecified atom stereocenters. The van der Waals surface area contributed by atoms with Gasteiger partial charge in [0.1, 0.15) is 0 Å². The van der Waals surface area contributed by atoms with Crippen molar-refractivity contribution in [1.29, 1.82) is 0 Å². The molecule has 82 valence electrons. The Hall–Kier alpha value is -1.17. The average Bonchev–Trinajstić information content (AvgIpc) is 2.06. The molecule has 1 aromatic rings. The van der Waals surface area contributed by atoms with Gasteiger partial charge in [0.05, 0.1) is 11.1 Å². The van der Waals surface area contributed by atoms with Crippen molar-refractivity contribution < 1.29 is 18.0 Å². The molecule has 0 fully saturated rings. The fourth-order valence-corrected chi connectivity index (χ4v) is 1.51. The van der Waals surface area contributed by atoms with Crippen molar-refractivity contribution >= 4 is 18.5 Å². The monoisotopic (exact) mass is 235 g/mol. The predicted octanol–water partition coefficient (Wildman–Crippen LogP) is 2.40. The normalized spacial score (nSPS) is 11.5.